The molecule has 0 aromatic carbocycles. The first-order valence-corrected chi connectivity index (χ1v) is 7.72. The van der Waals surface area contributed by atoms with Gasteiger partial charge in [-0.15, -0.1) is 0 Å². The van der Waals surface area contributed by atoms with Crippen molar-refractivity contribution in [1.29, 1.82) is 0 Å². The largest absolute Gasteiger partial charge is 0.380 e. The lowest BCUT2D eigenvalue weighted by atomic mass is 10.2. The molecule has 0 amide bonds. The molecule has 2 atom stereocenters. The Bertz CT molecular complexity index is 812. The number of fused-ring (bicyclic) bond motifs is 1. The lowest BCUT2D eigenvalue weighted by Gasteiger charge is -2.21. The van der Waals surface area contributed by atoms with Crippen molar-refractivity contribution in [3.8, 4) is 0 Å². The highest BCUT2D eigenvalue weighted by Gasteiger charge is 2.36. The van der Waals surface area contributed by atoms with Gasteiger partial charge in [-0.3, -0.25) is 4.90 Å². The molecule has 1 saturated heterocycles. The second-order valence-electron chi connectivity index (χ2n) is 5.89. The second-order valence-corrected chi connectivity index (χ2v) is 5.89. The van der Waals surface area contributed by atoms with E-state index in [1.54, 1.807) is 7.11 Å². The summed E-state index contributed by atoms with van der Waals surface area (Å²) in [5.74, 6) is 1.33. The van der Waals surface area contributed by atoms with Crippen molar-refractivity contribution < 1.29 is 9.26 Å². The average molecular weight is 313 g/mol. The Morgan fingerprint density at radius 2 is 2.30 bits per heavy atom. The standard InChI is InChI=1S/C16H19N5O2/c1-11-18-16(23-19-11)14-8-13(22-2)10-20(14)9-12-4-3-5-15-17-6-7-21(12)15/h3-7,13-14H,8-10H2,1-2H3/t13-,14-/m1/s1. The van der Waals surface area contributed by atoms with Gasteiger partial charge < -0.3 is 13.7 Å². The van der Waals surface area contributed by atoms with E-state index in [1.807, 2.05) is 31.5 Å². The molecule has 0 saturated carbocycles. The summed E-state index contributed by atoms with van der Waals surface area (Å²) in [4.78, 5) is 11.1. The molecule has 120 valence electrons. The first-order valence-electron chi connectivity index (χ1n) is 7.72. The Hall–Kier alpha value is -2.25. The zero-order chi connectivity index (χ0) is 15.8. The topological polar surface area (TPSA) is 68.7 Å². The van der Waals surface area contributed by atoms with Gasteiger partial charge in [0, 0.05) is 38.3 Å². The summed E-state index contributed by atoms with van der Waals surface area (Å²) in [6.45, 7) is 3.46. The normalized spacial score (nSPS) is 22.2. The molecule has 23 heavy (non-hydrogen) atoms. The van der Waals surface area contributed by atoms with Crippen molar-refractivity contribution in [2.45, 2.75) is 32.0 Å². The van der Waals surface area contributed by atoms with E-state index in [-0.39, 0.29) is 12.1 Å². The van der Waals surface area contributed by atoms with Gasteiger partial charge >= 0.3 is 0 Å². The number of likely N-dealkylation sites (tertiary alicyclic amines) is 1. The first-order chi connectivity index (χ1) is 11.2. The van der Waals surface area contributed by atoms with Crippen LogP contribution in [0.4, 0.5) is 0 Å². The van der Waals surface area contributed by atoms with E-state index in [9.17, 15) is 0 Å². The number of aryl methyl sites for hydroxylation is 1. The highest BCUT2D eigenvalue weighted by Crippen LogP contribution is 2.33. The van der Waals surface area contributed by atoms with Crippen LogP contribution >= 0.6 is 0 Å². The molecule has 3 aromatic rings. The van der Waals surface area contributed by atoms with Crippen LogP contribution in [0.25, 0.3) is 5.65 Å². The molecular weight excluding hydrogens is 294 g/mol. The smallest absolute Gasteiger partial charge is 0.244 e. The molecule has 4 rings (SSSR count). The number of hydrogen-bond donors (Lipinski definition) is 0. The molecule has 1 aliphatic rings. The van der Waals surface area contributed by atoms with Crippen molar-refractivity contribution in [2.24, 2.45) is 0 Å². The fourth-order valence-electron chi connectivity index (χ4n) is 3.26. The lowest BCUT2D eigenvalue weighted by molar-refractivity contribution is 0.107. The van der Waals surface area contributed by atoms with Gasteiger partial charge in [-0.25, -0.2) is 4.98 Å². The summed E-state index contributed by atoms with van der Waals surface area (Å²) in [6.07, 6.45) is 4.84. The molecule has 4 heterocycles. The van der Waals surface area contributed by atoms with Crippen LogP contribution in [0, 0.1) is 6.92 Å². The number of pyridine rings is 1. The molecule has 0 spiro atoms. The Morgan fingerprint density at radius 3 is 3.09 bits per heavy atom. The number of methoxy groups -OCH3 is 1. The van der Waals surface area contributed by atoms with E-state index in [2.05, 4.69) is 30.5 Å². The molecule has 7 nitrogen and oxygen atoms in total. The minimum atomic E-state index is 0.0833. The van der Waals surface area contributed by atoms with Crippen LogP contribution in [0.3, 0.4) is 0 Å². The Kier molecular flexibility index (Phi) is 3.59. The van der Waals surface area contributed by atoms with Crippen molar-refractivity contribution >= 4 is 5.65 Å². The summed E-state index contributed by atoms with van der Waals surface area (Å²) in [7, 11) is 1.75. The van der Waals surface area contributed by atoms with Gasteiger partial charge in [-0.05, 0) is 25.5 Å². The van der Waals surface area contributed by atoms with Gasteiger partial charge in [-0.2, -0.15) is 4.98 Å². The van der Waals surface area contributed by atoms with E-state index in [0.717, 1.165) is 25.2 Å². The molecule has 0 aliphatic carbocycles. The van der Waals surface area contributed by atoms with Crippen molar-refractivity contribution in [1.82, 2.24) is 24.4 Å². The highest BCUT2D eigenvalue weighted by atomic mass is 16.5. The van der Waals surface area contributed by atoms with Gasteiger partial charge in [0.05, 0.1) is 12.1 Å². The van der Waals surface area contributed by atoms with Gasteiger partial charge in [-0.1, -0.05) is 11.2 Å². The fourth-order valence-corrected chi connectivity index (χ4v) is 3.26. The molecule has 1 fully saturated rings. The number of hydrogen-bond acceptors (Lipinski definition) is 6. The third-order valence-electron chi connectivity index (χ3n) is 4.40. The Morgan fingerprint density at radius 1 is 1.39 bits per heavy atom. The molecule has 0 N–H and O–H groups in total. The zero-order valence-electron chi connectivity index (χ0n) is 13.2. The van der Waals surface area contributed by atoms with Gasteiger partial charge in [0.2, 0.25) is 5.89 Å². The predicted molar refractivity (Wildman–Crippen MR) is 82.8 cm³/mol. The van der Waals surface area contributed by atoms with Crippen LogP contribution in [0.5, 0.6) is 0 Å². The quantitative estimate of drug-likeness (QED) is 0.734. The van der Waals surface area contributed by atoms with Crippen LogP contribution in [-0.2, 0) is 11.3 Å². The van der Waals surface area contributed by atoms with E-state index in [0.29, 0.717) is 11.7 Å². The SMILES string of the molecule is CO[C@@H]1C[C@H](c2nc(C)no2)N(Cc2cccc3nccn23)C1. The number of aromatic nitrogens is 4. The average Bonchev–Trinajstić information content (AvgIpc) is 3.26. The van der Waals surface area contributed by atoms with Crippen LogP contribution in [0.1, 0.15) is 29.9 Å². The highest BCUT2D eigenvalue weighted by molar-refractivity contribution is 5.39. The third kappa shape index (κ3) is 2.62. The molecule has 7 heteroatoms. The molecule has 0 bridgehead atoms. The maximum absolute atomic E-state index is 5.56. The van der Waals surface area contributed by atoms with Crippen LogP contribution in [-0.4, -0.2) is 44.2 Å². The Balaban J connectivity index is 1.64. The van der Waals surface area contributed by atoms with Gasteiger partial charge in [0.25, 0.3) is 0 Å². The van der Waals surface area contributed by atoms with Crippen LogP contribution in [0.15, 0.2) is 35.1 Å². The van der Waals surface area contributed by atoms with Gasteiger partial charge in [0.1, 0.15) is 5.65 Å². The molecule has 1 aliphatic heterocycles. The third-order valence-corrected chi connectivity index (χ3v) is 4.40. The number of rotatable bonds is 4. The van der Waals surface area contributed by atoms with Crippen molar-refractivity contribution in [2.75, 3.05) is 13.7 Å². The maximum atomic E-state index is 5.56. The van der Waals surface area contributed by atoms with Crippen LogP contribution in [0.2, 0.25) is 0 Å². The maximum Gasteiger partial charge on any atom is 0.244 e. The molecule has 3 aromatic heterocycles. The number of nitrogens with zero attached hydrogens (tertiary/aromatic N) is 5. The summed E-state index contributed by atoms with van der Waals surface area (Å²) in [6, 6.07) is 6.24. The minimum absolute atomic E-state index is 0.0833. The predicted octanol–water partition coefficient (Wildman–Crippen LogP) is 1.99. The summed E-state index contributed by atoms with van der Waals surface area (Å²) in [5.41, 5.74) is 2.13. The van der Waals surface area contributed by atoms with Crippen LogP contribution < -0.4 is 0 Å². The summed E-state index contributed by atoms with van der Waals surface area (Å²) < 4.78 is 13.1. The first kappa shape index (κ1) is 14.3. The van der Waals surface area contributed by atoms with Gasteiger partial charge in [0.15, 0.2) is 5.82 Å². The summed E-state index contributed by atoms with van der Waals surface area (Å²) >= 11 is 0. The zero-order valence-corrected chi connectivity index (χ0v) is 13.2. The second kappa shape index (κ2) is 5.75. The fraction of sp³-hybridized carbons (Fsp3) is 0.438. The lowest BCUT2D eigenvalue weighted by Crippen LogP contribution is -2.26. The molecular formula is C16H19N5O2. The van der Waals surface area contributed by atoms with E-state index < -0.39 is 0 Å². The van der Waals surface area contributed by atoms with E-state index in [1.165, 1.54) is 5.69 Å². The molecule has 0 radical (unpaired) electrons. The number of imidazole rings is 1. The number of ether oxygens (including phenoxy) is 1. The van der Waals surface area contributed by atoms with Crippen molar-refractivity contribution in [3.05, 3.63) is 48.0 Å². The summed E-state index contributed by atoms with van der Waals surface area (Å²) in [5, 5.41) is 3.93. The monoisotopic (exact) mass is 313 g/mol. The molecule has 0 unspecified atom stereocenters. The van der Waals surface area contributed by atoms with E-state index >= 15 is 0 Å². The van der Waals surface area contributed by atoms with Crippen molar-refractivity contribution in [3.63, 3.8) is 0 Å². The Labute approximate surface area is 133 Å². The van der Waals surface area contributed by atoms with E-state index in [4.69, 9.17) is 9.26 Å². The minimum Gasteiger partial charge on any atom is -0.380 e.